The van der Waals surface area contributed by atoms with Gasteiger partial charge >= 0.3 is 5.97 Å². The lowest BCUT2D eigenvalue weighted by atomic mass is 10.1. The molecule has 2 aromatic rings. The second kappa shape index (κ2) is 9.58. The Balaban J connectivity index is 1.82. The molecule has 0 spiro atoms. The highest BCUT2D eigenvalue weighted by Gasteiger charge is 2.17. The Morgan fingerprint density at radius 1 is 1.04 bits per heavy atom. The number of hydrogen-bond donors (Lipinski definition) is 2. The van der Waals surface area contributed by atoms with Gasteiger partial charge in [0, 0.05) is 0 Å². The quantitative estimate of drug-likeness (QED) is 0.721. The van der Waals surface area contributed by atoms with E-state index in [2.05, 4.69) is 5.32 Å². The van der Waals surface area contributed by atoms with E-state index in [9.17, 15) is 9.59 Å². The average molecular weight is 357 g/mol. The van der Waals surface area contributed by atoms with E-state index in [0.717, 1.165) is 11.1 Å². The Kier molecular flexibility index (Phi) is 7.17. The molecule has 2 atom stereocenters. The van der Waals surface area contributed by atoms with Crippen molar-refractivity contribution in [2.45, 2.75) is 32.6 Å². The number of nitrogens with one attached hydrogen (secondary N) is 1. The van der Waals surface area contributed by atoms with Gasteiger partial charge in [-0.2, -0.15) is 0 Å². The van der Waals surface area contributed by atoms with E-state index in [1.807, 2.05) is 37.3 Å². The van der Waals surface area contributed by atoms with Crippen molar-refractivity contribution >= 4 is 11.9 Å². The van der Waals surface area contributed by atoms with Crippen LogP contribution in [0.15, 0.2) is 54.6 Å². The van der Waals surface area contributed by atoms with E-state index in [4.69, 9.17) is 14.6 Å². The van der Waals surface area contributed by atoms with Crippen LogP contribution < -0.4 is 10.1 Å². The highest BCUT2D eigenvalue weighted by molar-refractivity contribution is 5.80. The molecule has 0 bridgehead atoms. The molecule has 2 rings (SSSR count). The van der Waals surface area contributed by atoms with E-state index < -0.39 is 12.1 Å². The Bertz CT molecular complexity index is 715. The molecule has 2 unspecified atom stereocenters. The topological polar surface area (TPSA) is 84.9 Å². The van der Waals surface area contributed by atoms with Gasteiger partial charge in [-0.05, 0) is 37.1 Å². The van der Waals surface area contributed by atoms with Gasteiger partial charge in [0.1, 0.15) is 11.9 Å². The predicted molar refractivity (Wildman–Crippen MR) is 96.8 cm³/mol. The zero-order chi connectivity index (χ0) is 18.9. The van der Waals surface area contributed by atoms with Crippen molar-refractivity contribution in [3.8, 4) is 5.75 Å². The molecule has 26 heavy (non-hydrogen) atoms. The molecule has 0 aliphatic rings. The average Bonchev–Trinajstić information content (AvgIpc) is 2.65. The molecule has 6 heteroatoms. The summed E-state index contributed by atoms with van der Waals surface area (Å²) in [7, 11) is 0. The first-order chi connectivity index (χ1) is 12.5. The number of rotatable bonds is 9. The first kappa shape index (κ1) is 19.5. The lowest BCUT2D eigenvalue weighted by Gasteiger charge is -2.18. The molecular weight excluding hydrogens is 334 g/mol. The molecular formula is C20H23NO5. The van der Waals surface area contributed by atoms with Crippen LogP contribution in [0.2, 0.25) is 0 Å². The number of carboxylic acid groups (broad SMARTS) is 1. The van der Waals surface area contributed by atoms with E-state index in [-0.39, 0.29) is 18.6 Å². The summed E-state index contributed by atoms with van der Waals surface area (Å²) in [5, 5.41) is 11.5. The third-order valence-electron chi connectivity index (χ3n) is 3.81. The Hall–Kier alpha value is -2.86. The smallest absolute Gasteiger partial charge is 0.341 e. The normalized spacial score (nSPS) is 12.8. The molecule has 2 N–H and O–H groups in total. The highest BCUT2D eigenvalue weighted by Crippen LogP contribution is 2.18. The number of aliphatic carboxylic acids is 1. The van der Waals surface area contributed by atoms with Crippen LogP contribution in [-0.2, 0) is 20.9 Å². The zero-order valence-corrected chi connectivity index (χ0v) is 14.8. The molecule has 0 saturated carbocycles. The monoisotopic (exact) mass is 357 g/mol. The van der Waals surface area contributed by atoms with Crippen molar-refractivity contribution in [2.75, 3.05) is 6.61 Å². The molecule has 0 fully saturated rings. The van der Waals surface area contributed by atoms with Crippen LogP contribution in [0.3, 0.4) is 0 Å². The molecule has 0 heterocycles. The van der Waals surface area contributed by atoms with Gasteiger partial charge in [-0.3, -0.25) is 4.79 Å². The van der Waals surface area contributed by atoms with Crippen LogP contribution in [0.5, 0.6) is 5.75 Å². The van der Waals surface area contributed by atoms with E-state index in [1.54, 1.807) is 31.2 Å². The van der Waals surface area contributed by atoms with E-state index >= 15 is 0 Å². The number of carbonyl (C=O) groups is 2. The highest BCUT2D eigenvalue weighted by atomic mass is 16.5. The molecule has 1 amide bonds. The minimum absolute atomic E-state index is 0.195. The van der Waals surface area contributed by atoms with E-state index in [1.165, 1.54) is 0 Å². The van der Waals surface area contributed by atoms with Crippen LogP contribution >= 0.6 is 0 Å². The SMILES string of the molecule is CC(OCc1ccccc1)C(=O)NC(C)c1ccc(OCC(=O)O)cc1. The Morgan fingerprint density at radius 3 is 2.31 bits per heavy atom. The maximum absolute atomic E-state index is 12.3. The molecule has 0 saturated heterocycles. The number of hydrogen-bond acceptors (Lipinski definition) is 4. The van der Waals surface area contributed by atoms with Gasteiger partial charge in [-0.15, -0.1) is 0 Å². The number of carboxylic acids is 1. The molecule has 2 aromatic carbocycles. The number of ether oxygens (including phenoxy) is 2. The summed E-state index contributed by atoms with van der Waals surface area (Å²) in [5.41, 5.74) is 1.90. The van der Waals surface area contributed by atoms with Crippen LogP contribution in [-0.4, -0.2) is 29.7 Å². The molecule has 0 aliphatic carbocycles. The predicted octanol–water partition coefficient (Wildman–Crippen LogP) is 2.93. The molecule has 6 nitrogen and oxygen atoms in total. The third-order valence-corrected chi connectivity index (χ3v) is 3.81. The number of benzene rings is 2. The van der Waals surface area contributed by atoms with Gasteiger partial charge in [0.15, 0.2) is 6.61 Å². The molecule has 0 aromatic heterocycles. The Labute approximate surface area is 152 Å². The van der Waals surface area contributed by atoms with E-state index in [0.29, 0.717) is 12.4 Å². The summed E-state index contributed by atoms with van der Waals surface area (Å²) < 4.78 is 10.7. The first-order valence-electron chi connectivity index (χ1n) is 8.36. The number of carbonyl (C=O) groups excluding carboxylic acids is 1. The van der Waals surface area contributed by atoms with Crippen molar-refractivity contribution < 1.29 is 24.2 Å². The van der Waals surface area contributed by atoms with Crippen molar-refractivity contribution in [1.82, 2.24) is 5.32 Å². The van der Waals surface area contributed by atoms with Gasteiger partial charge in [0.2, 0.25) is 5.91 Å². The standard InChI is InChI=1S/C20H23NO5/c1-14(17-8-10-18(11-9-17)26-13-19(22)23)21-20(24)15(2)25-12-16-6-4-3-5-7-16/h3-11,14-15H,12-13H2,1-2H3,(H,21,24)(H,22,23). The van der Waals surface area contributed by atoms with Crippen molar-refractivity contribution in [3.63, 3.8) is 0 Å². The molecule has 138 valence electrons. The molecule has 0 aliphatic heterocycles. The van der Waals surface area contributed by atoms with Gasteiger partial charge in [0.05, 0.1) is 12.6 Å². The van der Waals surface area contributed by atoms with Gasteiger partial charge in [-0.1, -0.05) is 42.5 Å². The summed E-state index contributed by atoms with van der Waals surface area (Å²) in [6.07, 6.45) is -0.573. The van der Waals surface area contributed by atoms with Gasteiger partial charge in [-0.25, -0.2) is 4.79 Å². The number of amides is 1. The van der Waals surface area contributed by atoms with Crippen LogP contribution in [0.4, 0.5) is 0 Å². The summed E-state index contributed by atoms with van der Waals surface area (Å²) in [6.45, 7) is 3.57. The van der Waals surface area contributed by atoms with Crippen LogP contribution in [0, 0.1) is 0 Å². The molecule has 0 radical (unpaired) electrons. The minimum Gasteiger partial charge on any atom is -0.482 e. The largest absolute Gasteiger partial charge is 0.482 e. The van der Waals surface area contributed by atoms with Crippen LogP contribution in [0.25, 0.3) is 0 Å². The summed E-state index contributed by atoms with van der Waals surface area (Å²) in [6, 6.07) is 16.4. The fourth-order valence-corrected chi connectivity index (χ4v) is 2.28. The summed E-state index contributed by atoms with van der Waals surface area (Å²) >= 11 is 0. The van der Waals surface area contributed by atoms with Crippen molar-refractivity contribution in [2.24, 2.45) is 0 Å². The maximum atomic E-state index is 12.3. The second-order valence-electron chi connectivity index (χ2n) is 5.92. The fraction of sp³-hybridized carbons (Fsp3) is 0.300. The summed E-state index contributed by atoms with van der Waals surface area (Å²) in [4.78, 5) is 22.8. The first-order valence-corrected chi connectivity index (χ1v) is 8.36. The minimum atomic E-state index is -1.03. The maximum Gasteiger partial charge on any atom is 0.341 e. The van der Waals surface area contributed by atoms with Gasteiger partial charge < -0.3 is 19.9 Å². The van der Waals surface area contributed by atoms with Gasteiger partial charge in [0.25, 0.3) is 0 Å². The van der Waals surface area contributed by atoms with Crippen molar-refractivity contribution in [3.05, 3.63) is 65.7 Å². The Morgan fingerprint density at radius 2 is 1.69 bits per heavy atom. The zero-order valence-electron chi connectivity index (χ0n) is 14.8. The lowest BCUT2D eigenvalue weighted by molar-refractivity contribution is -0.139. The van der Waals surface area contributed by atoms with Crippen LogP contribution in [0.1, 0.15) is 31.0 Å². The fourth-order valence-electron chi connectivity index (χ4n) is 2.28. The third kappa shape index (κ3) is 6.22. The second-order valence-corrected chi connectivity index (χ2v) is 5.92. The lowest BCUT2D eigenvalue weighted by Crippen LogP contribution is -2.36. The summed E-state index contributed by atoms with van der Waals surface area (Å²) in [5.74, 6) is -0.756. The van der Waals surface area contributed by atoms with Crippen molar-refractivity contribution in [1.29, 1.82) is 0 Å².